The van der Waals surface area contributed by atoms with Crippen LogP contribution < -0.4 is 9.47 Å². The summed E-state index contributed by atoms with van der Waals surface area (Å²) in [7, 11) is 3.27. The van der Waals surface area contributed by atoms with Gasteiger partial charge in [-0.3, -0.25) is 4.90 Å². The standard InChI is InChI=1S/C20H33NO5/c1-15(2)26-14-17(22)12-21(13-18-6-5-9-25-18)11-16-7-8-19(23-3)20(10-16)24-4/h7-8,10,15,17-18,22H,5-6,9,11-14H2,1-4H3/t17-,18-/m1/s1. The lowest BCUT2D eigenvalue weighted by molar-refractivity contribution is -0.0172. The first-order valence-electron chi connectivity index (χ1n) is 9.36. The van der Waals surface area contributed by atoms with Crippen molar-refractivity contribution in [2.75, 3.05) is 40.5 Å². The molecular weight excluding hydrogens is 334 g/mol. The Kier molecular flexibility index (Phi) is 8.65. The van der Waals surface area contributed by atoms with Crippen LogP contribution in [0.4, 0.5) is 0 Å². The minimum absolute atomic E-state index is 0.113. The van der Waals surface area contributed by atoms with Crippen LogP contribution in [0.25, 0.3) is 0 Å². The maximum absolute atomic E-state index is 10.4. The van der Waals surface area contributed by atoms with Gasteiger partial charge in [-0.2, -0.15) is 0 Å². The molecule has 2 rings (SSSR count). The average Bonchev–Trinajstić information content (AvgIpc) is 3.12. The van der Waals surface area contributed by atoms with Gasteiger partial charge in [0.15, 0.2) is 11.5 Å². The van der Waals surface area contributed by atoms with Gasteiger partial charge < -0.3 is 24.1 Å². The highest BCUT2D eigenvalue weighted by Gasteiger charge is 2.22. The van der Waals surface area contributed by atoms with E-state index in [4.69, 9.17) is 18.9 Å². The molecule has 0 bridgehead atoms. The Hall–Kier alpha value is -1.34. The molecule has 6 heteroatoms. The molecule has 148 valence electrons. The number of aliphatic hydroxyl groups is 1. The van der Waals surface area contributed by atoms with Gasteiger partial charge in [0.2, 0.25) is 0 Å². The highest BCUT2D eigenvalue weighted by atomic mass is 16.5. The van der Waals surface area contributed by atoms with Crippen molar-refractivity contribution < 1.29 is 24.1 Å². The number of aliphatic hydroxyl groups excluding tert-OH is 1. The number of rotatable bonds is 11. The second-order valence-electron chi connectivity index (χ2n) is 7.05. The lowest BCUT2D eigenvalue weighted by Gasteiger charge is -2.28. The van der Waals surface area contributed by atoms with Crippen LogP contribution in [0.3, 0.4) is 0 Å². The number of nitrogens with zero attached hydrogens (tertiary/aromatic N) is 1. The van der Waals surface area contributed by atoms with E-state index in [9.17, 15) is 5.11 Å². The molecule has 0 radical (unpaired) electrons. The molecule has 0 saturated carbocycles. The maximum atomic E-state index is 10.4. The van der Waals surface area contributed by atoms with Crippen LogP contribution in [-0.4, -0.2) is 68.8 Å². The lowest BCUT2D eigenvalue weighted by Crippen LogP contribution is -2.39. The first-order chi connectivity index (χ1) is 12.5. The molecule has 1 aromatic carbocycles. The van der Waals surface area contributed by atoms with E-state index in [1.165, 1.54) is 0 Å². The molecule has 2 atom stereocenters. The van der Waals surface area contributed by atoms with Crippen LogP contribution in [0, 0.1) is 0 Å². The van der Waals surface area contributed by atoms with Crippen LogP contribution in [0.1, 0.15) is 32.3 Å². The molecule has 1 aliphatic rings. The number of methoxy groups -OCH3 is 2. The minimum atomic E-state index is -0.529. The molecule has 0 aliphatic carbocycles. The summed E-state index contributed by atoms with van der Waals surface area (Å²) in [5, 5.41) is 10.4. The van der Waals surface area contributed by atoms with Crippen molar-refractivity contribution in [2.24, 2.45) is 0 Å². The van der Waals surface area contributed by atoms with E-state index in [0.717, 1.165) is 31.6 Å². The van der Waals surface area contributed by atoms with Crippen molar-refractivity contribution in [2.45, 2.75) is 51.5 Å². The van der Waals surface area contributed by atoms with Crippen molar-refractivity contribution >= 4 is 0 Å². The molecule has 0 aromatic heterocycles. The smallest absolute Gasteiger partial charge is 0.161 e. The number of ether oxygens (including phenoxy) is 4. The van der Waals surface area contributed by atoms with E-state index in [1.807, 2.05) is 32.0 Å². The van der Waals surface area contributed by atoms with Crippen LogP contribution >= 0.6 is 0 Å². The Morgan fingerprint density at radius 3 is 2.62 bits per heavy atom. The van der Waals surface area contributed by atoms with Crippen LogP contribution in [-0.2, 0) is 16.0 Å². The SMILES string of the molecule is COc1ccc(CN(C[C@@H](O)COC(C)C)C[C@H]2CCCO2)cc1OC. The van der Waals surface area contributed by atoms with Gasteiger partial charge in [0.05, 0.1) is 39.1 Å². The highest BCUT2D eigenvalue weighted by molar-refractivity contribution is 5.42. The van der Waals surface area contributed by atoms with Crippen molar-refractivity contribution in [3.63, 3.8) is 0 Å². The van der Waals surface area contributed by atoms with Gasteiger partial charge in [0, 0.05) is 26.2 Å². The molecule has 1 aromatic rings. The van der Waals surface area contributed by atoms with Crippen LogP contribution in [0.5, 0.6) is 11.5 Å². The molecule has 1 aliphatic heterocycles. The summed E-state index contributed by atoms with van der Waals surface area (Å²) in [5.41, 5.74) is 1.11. The Bertz CT molecular complexity index is 531. The summed E-state index contributed by atoms with van der Waals surface area (Å²) in [5.74, 6) is 1.43. The second kappa shape index (κ2) is 10.7. The first kappa shape index (κ1) is 21.0. The van der Waals surface area contributed by atoms with E-state index in [1.54, 1.807) is 14.2 Å². The third-order valence-corrected chi connectivity index (χ3v) is 4.43. The molecule has 26 heavy (non-hydrogen) atoms. The van der Waals surface area contributed by atoms with Gasteiger partial charge >= 0.3 is 0 Å². The third kappa shape index (κ3) is 6.76. The highest BCUT2D eigenvalue weighted by Crippen LogP contribution is 2.28. The van der Waals surface area contributed by atoms with Crippen molar-refractivity contribution in [3.05, 3.63) is 23.8 Å². The quantitative estimate of drug-likeness (QED) is 0.648. The molecule has 1 heterocycles. The average molecular weight is 367 g/mol. The normalized spacial score (nSPS) is 18.5. The van der Waals surface area contributed by atoms with E-state index in [0.29, 0.717) is 31.2 Å². The summed E-state index contributed by atoms with van der Waals surface area (Å²) in [4.78, 5) is 2.23. The molecular formula is C20H33NO5. The summed E-state index contributed by atoms with van der Waals surface area (Å²) in [6.07, 6.45) is 1.99. The Morgan fingerprint density at radius 2 is 2.00 bits per heavy atom. The topological polar surface area (TPSA) is 60.4 Å². The number of hydrogen-bond donors (Lipinski definition) is 1. The summed E-state index contributed by atoms with van der Waals surface area (Å²) >= 11 is 0. The molecule has 6 nitrogen and oxygen atoms in total. The van der Waals surface area contributed by atoms with Gasteiger partial charge in [-0.25, -0.2) is 0 Å². The Labute approximate surface area is 157 Å². The molecule has 1 N–H and O–H groups in total. The van der Waals surface area contributed by atoms with E-state index in [2.05, 4.69) is 4.90 Å². The monoisotopic (exact) mass is 367 g/mol. The Morgan fingerprint density at radius 1 is 1.23 bits per heavy atom. The van der Waals surface area contributed by atoms with Gasteiger partial charge in [-0.15, -0.1) is 0 Å². The molecule has 0 amide bonds. The zero-order valence-electron chi connectivity index (χ0n) is 16.4. The zero-order chi connectivity index (χ0) is 18.9. The van der Waals surface area contributed by atoms with Gasteiger partial charge in [0.1, 0.15) is 0 Å². The summed E-state index contributed by atoms with van der Waals surface area (Å²) in [6.45, 7) is 7.16. The Balaban J connectivity index is 2.02. The predicted octanol–water partition coefficient (Wildman–Crippen LogP) is 2.47. The third-order valence-electron chi connectivity index (χ3n) is 4.43. The van der Waals surface area contributed by atoms with E-state index in [-0.39, 0.29) is 12.2 Å². The largest absolute Gasteiger partial charge is 0.493 e. The summed E-state index contributed by atoms with van der Waals surface area (Å²) in [6, 6.07) is 5.93. The van der Waals surface area contributed by atoms with E-state index < -0.39 is 6.10 Å². The number of hydrogen-bond acceptors (Lipinski definition) is 6. The van der Waals surface area contributed by atoms with Gasteiger partial charge in [-0.05, 0) is 44.4 Å². The maximum Gasteiger partial charge on any atom is 0.161 e. The van der Waals surface area contributed by atoms with Gasteiger partial charge in [0.25, 0.3) is 0 Å². The first-order valence-corrected chi connectivity index (χ1v) is 9.36. The fourth-order valence-corrected chi connectivity index (χ4v) is 3.17. The number of benzene rings is 1. The minimum Gasteiger partial charge on any atom is -0.493 e. The lowest BCUT2D eigenvalue weighted by atomic mass is 10.1. The summed E-state index contributed by atoms with van der Waals surface area (Å²) < 4.78 is 22.0. The van der Waals surface area contributed by atoms with Crippen LogP contribution in [0.15, 0.2) is 18.2 Å². The molecule has 0 unspecified atom stereocenters. The fraction of sp³-hybridized carbons (Fsp3) is 0.700. The van der Waals surface area contributed by atoms with Crippen LogP contribution in [0.2, 0.25) is 0 Å². The molecule has 1 saturated heterocycles. The van der Waals surface area contributed by atoms with Crippen molar-refractivity contribution in [3.8, 4) is 11.5 Å². The van der Waals surface area contributed by atoms with Gasteiger partial charge in [-0.1, -0.05) is 6.07 Å². The predicted molar refractivity (Wildman–Crippen MR) is 101 cm³/mol. The van der Waals surface area contributed by atoms with E-state index >= 15 is 0 Å². The van der Waals surface area contributed by atoms with Crippen molar-refractivity contribution in [1.82, 2.24) is 4.90 Å². The second-order valence-corrected chi connectivity index (χ2v) is 7.05. The zero-order valence-corrected chi connectivity index (χ0v) is 16.4. The molecule has 0 spiro atoms. The molecule has 1 fully saturated rings. The van der Waals surface area contributed by atoms with Crippen molar-refractivity contribution in [1.29, 1.82) is 0 Å². The fourth-order valence-electron chi connectivity index (χ4n) is 3.17.